The van der Waals surface area contributed by atoms with Crippen molar-refractivity contribution in [1.29, 1.82) is 0 Å². The molecule has 0 amide bonds. The molecule has 1 aliphatic carbocycles. The van der Waals surface area contributed by atoms with Gasteiger partial charge < -0.3 is 5.73 Å². The van der Waals surface area contributed by atoms with E-state index in [0.717, 1.165) is 24.3 Å². The van der Waals surface area contributed by atoms with Gasteiger partial charge in [-0.3, -0.25) is 0 Å². The van der Waals surface area contributed by atoms with Gasteiger partial charge in [-0.1, -0.05) is 31.5 Å². The lowest BCUT2D eigenvalue weighted by Crippen LogP contribution is -2.15. The van der Waals surface area contributed by atoms with Crippen LogP contribution in [0.15, 0.2) is 18.2 Å². The first-order valence-electron chi connectivity index (χ1n) is 6.85. The lowest BCUT2D eigenvalue weighted by Gasteiger charge is -2.19. The summed E-state index contributed by atoms with van der Waals surface area (Å²) in [6, 6.07) is 6.39. The normalized spacial score (nSPS) is 16.6. The number of anilines is 1. The number of benzene rings is 1. The van der Waals surface area contributed by atoms with E-state index >= 15 is 0 Å². The van der Waals surface area contributed by atoms with Crippen LogP contribution in [0.2, 0.25) is 0 Å². The molecular weight excluding hydrogens is 234 g/mol. The Morgan fingerprint density at radius 1 is 1.26 bits per heavy atom. The number of nitrogens with two attached hydrogens (primary N) is 1. The van der Waals surface area contributed by atoms with E-state index in [4.69, 9.17) is 10.8 Å². The van der Waals surface area contributed by atoms with Crippen molar-refractivity contribution < 1.29 is 0 Å². The molecule has 0 radical (unpaired) electrons. The highest BCUT2D eigenvalue weighted by Crippen LogP contribution is 2.42. The van der Waals surface area contributed by atoms with E-state index in [2.05, 4.69) is 45.9 Å². The molecule has 1 aliphatic rings. The minimum atomic E-state index is 0.149. The van der Waals surface area contributed by atoms with Crippen LogP contribution in [0.1, 0.15) is 42.7 Å². The molecule has 0 atom stereocenters. The molecule has 0 saturated carbocycles. The second-order valence-electron chi connectivity index (χ2n) is 6.29. The highest BCUT2D eigenvalue weighted by molar-refractivity contribution is 5.57. The number of nitrogens with zero attached hydrogens (tertiary/aromatic N) is 2. The van der Waals surface area contributed by atoms with E-state index in [1.807, 2.05) is 4.68 Å². The zero-order chi connectivity index (χ0) is 13.8. The average molecular weight is 255 g/mol. The van der Waals surface area contributed by atoms with Gasteiger partial charge in [0.25, 0.3) is 0 Å². The minimum Gasteiger partial charge on any atom is -0.383 e. The quantitative estimate of drug-likeness (QED) is 0.849. The fourth-order valence-corrected chi connectivity index (χ4v) is 3.17. The van der Waals surface area contributed by atoms with Gasteiger partial charge in [-0.05, 0) is 43.7 Å². The second kappa shape index (κ2) is 3.86. The van der Waals surface area contributed by atoms with Crippen molar-refractivity contribution in [2.45, 2.75) is 46.0 Å². The molecule has 0 aliphatic heterocycles. The van der Waals surface area contributed by atoms with Crippen molar-refractivity contribution in [3.05, 3.63) is 40.6 Å². The lowest BCUT2D eigenvalue weighted by atomic mass is 9.87. The molecule has 2 N–H and O–H groups in total. The van der Waals surface area contributed by atoms with Crippen LogP contribution in [0.4, 0.5) is 5.82 Å². The first-order valence-corrected chi connectivity index (χ1v) is 6.85. The van der Waals surface area contributed by atoms with E-state index in [9.17, 15) is 0 Å². The largest absolute Gasteiger partial charge is 0.383 e. The van der Waals surface area contributed by atoms with Crippen LogP contribution in [0, 0.1) is 13.8 Å². The van der Waals surface area contributed by atoms with Gasteiger partial charge in [0.2, 0.25) is 0 Å². The fourth-order valence-electron chi connectivity index (χ4n) is 3.17. The van der Waals surface area contributed by atoms with Crippen LogP contribution < -0.4 is 5.73 Å². The van der Waals surface area contributed by atoms with E-state index in [0.29, 0.717) is 0 Å². The molecule has 0 fully saturated rings. The molecule has 3 nitrogen and oxygen atoms in total. The summed E-state index contributed by atoms with van der Waals surface area (Å²) in [5.41, 5.74) is 12.5. The maximum absolute atomic E-state index is 6.37. The molecule has 1 aromatic heterocycles. The third-order valence-electron chi connectivity index (χ3n) is 4.24. The summed E-state index contributed by atoms with van der Waals surface area (Å²) in [6.45, 7) is 8.72. The molecular formula is C16H21N3. The monoisotopic (exact) mass is 255 g/mol. The van der Waals surface area contributed by atoms with Gasteiger partial charge in [0, 0.05) is 5.56 Å². The van der Waals surface area contributed by atoms with Gasteiger partial charge in [0.1, 0.15) is 5.82 Å². The summed E-state index contributed by atoms with van der Waals surface area (Å²) in [7, 11) is 0. The van der Waals surface area contributed by atoms with E-state index < -0.39 is 0 Å². The summed E-state index contributed by atoms with van der Waals surface area (Å²) < 4.78 is 1.92. The summed E-state index contributed by atoms with van der Waals surface area (Å²) in [5, 5.41) is 4.74. The molecule has 1 aromatic carbocycles. The van der Waals surface area contributed by atoms with Gasteiger partial charge in [-0.2, -0.15) is 5.10 Å². The van der Waals surface area contributed by atoms with Crippen molar-refractivity contribution in [2.24, 2.45) is 0 Å². The Morgan fingerprint density at radius 2 is 2.00 bits per heavy atom. The standard InChI is InChI=1S/C16H21N3/c1-10-5-6-13(11(2)9-10)19-15(17)14-12(18-19)7-8-16(14,3)4/h5-6,9H,7-8,17H2,1-4H3. The topological polar surface area (TPSA) is 43.8 Å². The molecule has 3 heteroatoms. The number of rotatable bonds is 1. The maximum Gasteiger partial charge on any atom is 0.131 e. The highest BCUT2D eigenvalue weighted by Gasteiger charge is 2.36. The van der Waals surface area contributed by atoms with Gasteiger partial charge in [0.05, 0.1) is 11.4 Å². The van der Waals surface area contributed by atoms with Gasteiger partial charge in [0.15, 0.2) is 0 Å². The Balaban J connectivity index is 2.18. The van der Waals surface area contributed by atoms with Gasteiger partial charge in [-0.25, -0.2) is 4.68 Å². The van der Waals surface area contributed by atoms with Crippen LogP contribution >= 0.6 is 0 Å². The average Bonchev–Trinajstić information content (AvgIpc) is 2.79. The Labute approximate surface area is 114 Å². The number of aryl methyl sites for hydroxylation is 3. The van der Waals surface area contributed by atoms with Crippen molar-refractivity contribution in [3.63, 3.8) is 0 Å². The molecule has 3 rings (SSSR count). The van der Waals surface area contributed by atoms with Crippen LogP contribution in [0.3, 0.4) is 0 Å². The van der Waals surface area contributed by atoms with E-state index in [1.165, 1.54) is 22.4 Å². The van der Waals surface area contributed by atoms with Crippen molar-refractivity contribution >= 4 is 5.82 Å². The molecule has 100 valence electrons. The third-order valence-corrected chi connectivity index (χ3v) is 4.24. The van der Waals surface area contributed by atoms with E-state index in [1.54, 1.807) is 0 Å². The van der Waals surface area contributed by atoms with Crippen LogP contribution in [-0.2, 0) is 11.8 Å². The molecule has 0 spiro atoms. The van der Waals surface area contributed by atoms with Crippen molar-refractivity contribution in [2.75, 3.05) is 5.73 Å². The summed E-state index contributed by atoms with van der Waals surface area (Å²) in [4.78, 5) is 0. The zero-order valence-corrected chi connectivity index (χ0v) is 12.1. The summed E-state index contributed by atoms with van der Waals surface area (Å²) in [5.74, 6) is 0.810. The Morgan fingerprint density at radius 3 is 2.63 bits per heavy atom. The highest BCUT2D eigenvalue weighted by atomic mass is 15.3. The van der Waals surface area contributed by atoms with Crippen LogP contribution in [0.25, 0.3) is 5.69 Å². The molecule has 0 saturated heterocycles. The lowest BCUT2D eigenvalue weighted by molar-refractivity contribution is 0.519. The second-order valence-corrected chi connectivity index (χ2v) is 6.29. The molecule has 1 heterocycles. The Bertz CT molecular complexity index is 650. The molecule has 2 aromatic rings. The summed E-state index contributed by atoms with van der Waals surface area (Å²) >= 11 is 0. The van der Waals surface area contributed by atoms with Crippen LogP contribution in [0.5, 0.6) is 0 Å². The fraction of sp³-hybridized carbons (Fsp3) is 0.438. The van der Waals surface area contributed by atoms with Crippen molar-refractivity contribution in [3.8, 4) is 5.69 Å². The van der Waals surface area contributed by atoms with Gasteiger partial charge >= 0.3 is 0 Å². The smallest absolute Gasteiger partial charge is 0.131 e. The number of nitrogen functional groups attached to an aromatic ring is 1. The number of hydrogen-bond acceptors (Lipinski definition) is 2. The first-order chi connectivity index (χ1) is 8.90. The van der Waals surface area contributed by atoms with Crippen molar-refractivity contribution in [1.82, 2.24) is 9.78 Å². The third kappa shape index (κ3) is 1.76. The molecule has 0 unspecified atom stereocenters. The predicted molar refractivity (Wildman–Crippen MR) is 78.8 cm³/mol. The number of hydrogen-bond donors (Lipinski definition) is 1. The number of aromatic nitrogens is 2. The van der Waals surface area contributed by atoms with E-state index in [-0.39, 0.29) is 5.41 Å². The Kier molecular flexibility index (Phi) is 2.49. The summed E-state index contributed by atoms with van der Waals surface area (Å²) in [6.07, 6.45) is 2.17. The molecule has 19 heavy (non-hydrogen) atoms. The number of fused-ring (bicyclic) bond motifs is 1. The zero-order valence-electron chi connectivity index (χ0n) is 12.1. The first kappa shape index (κ1) is 12.3. The van der Waals surface area contributed by atoms with Crippen LogP contribution in [-0.4, -0.2) is 9.78 Å². The van der Waals surface area contributed by atoms with Gasteiger partial charge in [-0.15, -0.1) is 0 Å². The maximum atomic E-state index is 6.37. The SMILES string of the molecule is Cc1ccc(-n2nc3c(c2N)C(C)(C)CC3)c(C)c1. The molecule has 0 bridgehead atoms. The predicted octanol–water partition coefficient (Wildman–Crippen LogP) is 3.30. The minimum absolute atomic E-state index is 0.149. The Hall–Kier alpha value is -1.77.